The first kappa shape index (κ1) is 15.0. The van der Waals surface area contributed by atoms with Crippen molar-refractivity contribution in [2.75, 3.05) is 13.2 Å². The Labute approximate surface area is 104 Å². The number of alkyl halides is 3. The van der Waals surface area contributed by atoms with E-state index in [-0.39, 0.29) is 13.2 Å². The van der Waals surface area contributed by atoms with Crippen molar-refractivity contribution in [3.63, 3.8) is 0 Å². The molecule has 0 bridgehead atoms. The number of furan rings is 1. The standard InChI is InChI=1S/C12H18F3NO2/c1-2-6-16-8-10-3-4-11(18-10)9-17-7-5-12(13,14)15/h3-4,16H,2,5-9H2,1H3. The first-order valence-corrected chi connectivity index (χ1v) is 5.94. The van der Waals surface area contributed by atoms with Crippen LogP contribution in [0, 0.1) is 0 Å². The van der Waals surface area contributed by atoms with Crippen LogP contribution in [0.1, 0.15) is 31.3 Å². The van der Waals surface area contributed by atoms with Gasteiger partial charge in [-0.3, -0.25) is 0 Å². The summed E-state index contributed by atoms with van der Waals surface area (Å²) in [7, 11) is 0. The summed E-state index contributed by atoms with van der Waals surface area (Å²) in [5.41, 5.74) is 0. The molecule has 0 aromatic carbocycles. The molecule has 1 aromatic heterocycles. The van der Waals surface area contributed by atoms with E-state index in [0.29, 0.717) is 12.3 Å². The van der Waals surface area contributed by atoms with Gasteiger partial charge in [-0.25, -0.2) is 0 Å². The van der Waals surface area contributed by atoms with Crippen LogP contribution < -0.4 is 5.32 Å². The molecule has 1 rings (SSSR count). The SMILES string of the molecule is CCCNCc1ccc(COCCC(F)(F)F)o1. The van der Waals surface area contributed by atoms with Crippen LogP contribution in [0.15, 0.2) is 16.5 Å². The third-order valence-electron chi connectivity index (χ3n) is 2.22. The molecule has 1 heterocycles. The maximum absolute atomic E-state index is 11.8. The van der Waals surface area contributed by atoms with Crippen LogP contribution in [0.25, 0.3) is 0 Å². The smallest absolute Gasteiger partial charge is 0.391 e. The van der Waals surface area contributed by atoms with Crippen molar-refractivity contribution in [2.45, 2.75) is 39.1 Å². The Kier molecular flexibility index (Phi) is 6.21. The molecule has 0 amide bonds. The maximum Gasteiger partial charge on any atom is 0.391 e. The molecule has 0 radical (unpaired) electrons. The lowest BCUT2D eigenvalue weighted by Crippen LogP contribution is -2.13. The molecule has 3 nitrogen and oxygen atoms in total. The molecule has 104 valence electrons. The zero-order chi connectivity index (χ0) is 13.4. The molecular formula is C12H18F3NO2. The zero-order valence-corrected chi connectivity index (χ0v) is 10.3. The maximum atomic E-state index is 11.8. The first-order chi connectivity index (χ1) is 8.51. The molecule has 6 heteroatoms. The number of halogens is 3. The second-order valence-corrected chi connectivity index (χ2v) is 3.96. The lowest BCUT2D eigenvalue weighted by molar-refractivity contribution is -0.146. The van der Waals surface area contributed by atoms with Gasteiger partial charge < -0.3 is 14.5 Å². The molecule has 0 saturated carbocycles. The molecule has 0 atom stereocenters. The van der Waals surface area contributed by atoms with Gasteiger partial charge in [0.15, 0.2) is 0 Å². The average molecular weight is 265 g/mol. The van der Waals surface area contributed by atoms with Gasteiger partial charge in [-0.1, -0.05) is 6.92 Å². The third kappa shape index (κ3) is 6.66. The Bertz CT molecular complexity index is 336. The number of hydrogen-bond donors (Lipinski definition) is 1. The molecule has 0 fully saturated rings. The zero-order valence-electron chi connectivity index (χ0n) is 10.3. The highest BCUT2D eigenvalue weighted by atomic mass is 19.4. The van der Waals surface area contributed by atoms with E-state index in [1.54, 1.807) is 12.1 Å². The van der Waals surface area contributed by atoms with Crippen molar-refractivity contribution >= 4 is 0 Å². The van der Waals surface area contributed by atoms with Crippen LogP contribution in [0.2, 0.25) is 0 Å². The fourth-order valence-electron chi connectivity index (χ4n) is 1.34. The van der Waals surface area contributed by atoms with Crippen molar-refractivity contribution < 1.29 is 22.3 Å². The molecule has 0 unspecified atom stereocenters. The molecular weight excluding hydrogens is 247 g/mol. The van der Waals surface area contributed by atoms with Gasteiger partial charge in [0.25, 0.3) is 0 Å². The van der Waals surface area contributed by atoms with E-state index in [1.807, 2.05) is 0 Å². The Hall–Kier alpha value is -1.01. The summed E-state index contributed by atoms with van der Waals surface area (Å²) >= 11 is 0. The van der Waals surface area contributed by atoms with Gasteiger partial charge in [0.1, 0.15) is 18.1 Å². The van der Waals surface area contributed by atoms with Crippen LogP contribution in [-0.2, 0) is 17.9 Å². The van der Waals surface area contributed by atoms with Crippen LogP contribution in [0.3, 0.4) is 0 Å². The van der Waals surface area contributed by atoms with Crippen LogP contribution >= 0.6 is 0 Å². The lowest BCUT2D eigenvalue weighted by Gasteiger charge is -2.05. The van der Waals surface area contributed by atoms with Crippen molar-refractivity contribution in [3.05, 3.63) is 23.7 Å². The molecule has 0 spiro atoms. The van der Waals surface area contributed by atoms with Crippen molar-refractivity contribution in [1.82, 2.24) is 5.32 Å². The predicted molar refractivity (Wildman–Crippen MR) is 61.0 cm³/mol. The second-order valence-electron chi connectivity index (χ2n) is 3.96. The van der Waals surface area contributed by atoms with Gasteiger partial charge in [-0.2, -0.15) is 13.2 Å². The van der Waals surface area contributed by atoms with Crippen LogP contribution in [0.4, 0.5) is 13.2 Å². The molecule has 0 saturated heterocycles. The largest absolute Gasteiger partial charge is 0.462 e. The average Bonchev–Trinajstić information content (AvgIpc) is 2.72. The van der Waals surface area contributed by atoms with Gasteiger partial charge in [-0.05, 0) is 25.1 Å². The lowest BCUT2D eigenvalue weighted by atomic mass is 10.4. The molecule has 0 aliphatic carbocycles. The highest BCUT2D eigenvalue weighted by molar-refractivity contribution is 5.06. The van der Waals surface area contributed by atoms with E-state index < -0.39 is 12.6 Å². The van der Waals surface area contributed by atoms with Crippen molar-refractivity contribution in [3.8, 4) is 0 Å². The third-order valence-corrected chi connectivity index (χ3v) is 2.22. The minimum atomic E-state index is -4.17. The summed E-state index contributed by atoms with van der Waals surface area (Å²) in [6, 6.07) is 3.52. The summed E-state index contributed by atoms with van der Waals surface area (Å²) < 4.78 is 45.8. The van der Waals surface area contributed by atoms with E-state index >= 15 is 0 Å². The molecule has 18 heavy (non-hydrogen) atoms. The van der Waals surface area contributed by atoms with Crippen LogP contribution in [0.5, 0.6) is 0 Å². The number of rotatable bonds is 8. The fraction of sp³-hybridized carbons (Fsp3) is 0.667. The number of nitrogens with one attached hydrogen (secondary N) is 1. The van der Waals surface area contributed by atoms with E-state index in [1.165, 1.54) is 0 Å². The normalized spacial score (nSPS) is 12.0. The van der Waals surface area contributed by atoms with E-state index in [0.717, 1.165) is 18.7 Å². The number of hydrogen-bond acceptors (Lipinski definition) is 3. The highest BCUT2D eigenvalue weighted by Gasteiger charge is 2.26. The fourth-order valence-corrected chi connectivity index (χ4v) is 1.34. The van der Waals surface area contributed by atoms with E-state index in [4.69, 9.17) is 9.15 Å². The Morgan fingerprint density at radius 2 is 2.00 bits per heavy atom. The minimum Gasteiger partial charge on any atom is -0.462 e. The molecule has 0 aliphatic rings. The van der Waals surface area contributed by atoms with Crippen LogP contribution in [-0.4, -0.2) is 19.3 Å². The predicted octanol–water partition coefficient (Wildman–Crippen LogP) is 3.25. The minimum absolute atomic E-state index is 0.0733. The van der Waals surface area contributed by atoms with E-state index in [9.17, 15) is 13.2 Å². The summed E-state index contributed by atoms with van der Waals surface area (Å²) in [5.74, 6) is 1.31. The second kappa shape index (κ2) is 7.43. The Morgan fingerprint density at radius 1 is 1.28 bits per heavy atom. The van der Waals surface area contributed by atoms with Gasteiger partial charge in [0, 0.05) is 0 Å². The molecule has 1 aromatic rings. The molecule has 1 N–H and O–H groups in total. The Balaban J connectivity index is 2.19. The first-order valence-electron chi connectivity index (χ1n) is 5.94. The topological polar surface area (TPSA) is 34.4 Å². The Morgan fingerprint density at radius 3 is 2.67 bits per heavy atom. The van der Waals surface area contributed by atoms with Gasteiger partial charge >= 0.3 is 6.18 Å². The summed E-state index contributed by atoms with van der Waals surface area (Å²) in [6.45, 7) is 3.32. The van der Waals surface area contributed by atoms with E-state index in [2.05, 4.69) is 12.2 Å². The van der Waals surface area contributed by atoms with Crippen molar-refractivity contribution in [2.24, 2.45) is 0 Å². The number of ether oxygens (including phenoxy) is 1. The monoisotopic (exact) mass is 265 g/mol. The summed E-state index contributed by atoms with van der Waals surface area (Å²) in [4.78, 5) is 0. The summed E-state index contributed by atoms with van der Waals surface area (Å²) in [5, 5.41) is 3.17. The highest BCUT2D eigenvalue weighted by Crippen LogP contribution is 2.19. The van der Waals surface area contributed by atoms with Gasteiger partial charge in [0.05, 0.1) is 19.6 Å². The van der Waals surface area contributed by atoms with Gasteiger partial charge in [0.2, 0.25) is 0 Å². The van der Waals surface area contributed by atoms with Crippen molar-refractivity contribution in [1.29, 1.82) is 0 Å². The van der Waals surface area contributed by atoms with Gasteiger partial charge in [-0.15, -0.1) is 0 Å². The quantitative estimate of drug-likeness (QED) is 0.733. The molecule has 0 aliphatic heterocycles. The summed E-state index contributed by atoms with van der Waals surface area (Å²) in [6.07, 6.45) is -4.06.